The van der Waals surface area contributed by atoms with E-state index in [0.29, 0.717) is 22.8 Å². The van der Waals surface area contributed by atoms with E-state index in [9.17, 15) is 10.1 Å². The summed E-state index contributed by atoms with van der Waals surface area (Å²) in [6, 6.07) is 16.7. The highest BCUT2D eigenvalue weighted by atomic mass is 16.5. The van der Waals surface area contributed by atoms with Crippen LogP contribution in [-0.2, 0) is 4.79 Å². The summed E-state index contributed by atoms with van der Waals surface area (Å²) in [5.74, 6) is 0.327. The minimum Gasteiger partial charge on any atom is -0.493 e. The van der Waals surface area contributed by atoms with Crippen molar-refractivity contribution in [3.05, 3.63) is 65.9 Å². The molecule has 0 saturated carbocycles. The van der Waals surface area contributed by atoms with E-state index >= 15 is 0 Å². The Morgan fingerprint density at radius 1 is 1.14 bits per heavy atom. The van der Waals surface area contributed by atoms with Gasteiger partial charge in [0.2, 0.25) is 0 Å². The highest BCUT2D eigenvalue weighted by Gasteiger charge is 2.15. The zero-order valence-electron chi connectivity index (χ0n) is 15.4. The molecule has 1 amide bonds. The summed E-state index contributed by atoms with van der Waals surface area (Å²) in [5, 5.41) is 13.9. The van der Waals surface area contributed by atoms with Crippen molar-refractivity contribution in [1.29, 1.82) is 5.26 Å². The van der Waals surface area contributed by atoms with Crippen molar-refractivity contribution >= 4 is 12.0 Å². The van der Waals surface area contributed by atoms with Crippen LogP contribution in [-0.4, -0.2) is 29.9 Å². The summed E-state index contributed by atoms with van der Waals surface area (Å²) in [5.41, 5.74) is 7.85. The second-order valence-corrected chi connectivity index (χ2v) is 5.82. The van der Waals surface area contributed by atoms with E-state index in [1.165, 1.54) is 6.08 Å². The number of carbonyl (C=O) groups is 1. The van der Waals surface area contributed by atoms with E-state index in [1.807, 2.05) is 42.5 Å². The highest BCUT2D eigenvalue weighted by molar-refractivity contribution is 6.01. The van der Waals surface area contributed by atoms with Gasteiger partial charge in [0.15, 0.2) is 11.5 Å². The largest absolute Gasteiger partial charge is 0.493 e. The molecule has 0 bridgehead atoms. The molecular formula is C21H18N4O3. The van der Waals surface area contributed by atoms with Crippen molar-refractivity contribution in [3.8, 4) is 34.5 Å². The molecule has 7 heteroatoms. The Morgan fingerprint density at radius 3 is 2.46 bits per heavy atom. The fourth-order valence-corrected chi connectivity index (χ4v) is 2.73. The molecule has 1 heterocycles. The van der Waals surface area contributed by atoms with Crippen molar-refractivity contribution in [1.82, 2.24) is 9.78 Å². The Hall–Kier alpha value is -4.05. The van der Waals surface area contributed by atoms with Crippen molar-refractivity contribution in [2.24, 2.45) is 5.73 Å². The molecule has 0 aliphatic rings. The van der Waals surface area contributed by atoms with Crippen molar-refractivity contribution < 1.29 is 14.3 Å². The third-order valence-electron chi connectivity index (χ3n) is 4.11. The van der Waals surface area contributed by atoms with Gasteiger partial charge in [-0.3, -0.25) is 4.79 Å². The number of para-hydroxylation sites is 1. The lowest BCUT2D eigenvalue weighted by molar-refractivity contribution is -0.114. The third-order valence-corrected chi connectivity index (χ3v) is 4.11. The lowest BCUT2D eigenvalue weighted by atomic mass is 10.1. The molecular weight excluding hydrogens is 356 g/mol. The molecule has 0 aliphatic heterocycles. The van der Waals surface area contributed by atoms with E-state index in [4.69, 9.17) is 15.2 Å². The zero-order valence-corrected chi connectivity index (χ0v) is 15.4. The van der Waals surface area contributed by atoms with Crippen LogP contribution >= 0.6 is 0 Å². The number of nitriles is 1. The fourth-order valence-electron chi connectivity index (χ4n) is 2.73. The average Bonchev–Trinajstić information content (AvgIpc) is 3.15. The molecule has 7 nitrogen and oxygen atoms in total. The minimum absolute atomic E-state index is 0.158. The first-order chi connectivity index (χ1) is 13.6. The van der Waals surface area contributed by atoms with Gasteiger partial charge in [0.05, 0.1) is 19.9 Å². The summed E-state index contributed by atoms with van der Waals surface area (Å²) in [7, 11) is 3.10. The summed E-state index contributed by atoms with van der Waals surface area (Å²) in [6.07, 6.45) is 3.17. The van der Waals surface area contributed by atoms with Crippen LogP contribution in [0.2, 0.25) is 0 Å². The molecule has 3 aromatic rings. The van der Waals surface area contributed by atoms with Gasteiger partial charge in [-0.15, -0.1) is 0 Å². The van der Waals surface area contributed by atoms with E-state index in [2.05, 4.69) is 5.10 Å². The summed E-state index contributed by atoms with van der Waals surface area (Å²) >= 11 is 0. The zero-order chi connectivity index (χ0) is 20.1. The molecule has 0 radical (unpaired) electrons. The SMILES string of the molecule is COc1ccc(-c2nn(-c3ccccc3)cc2/C=C(\C#N)C(N)=O)cc1OC. The Bertz CT molecular complexity index is 1080. The van der Waals surface area contributed by atoms with Crippen LogP contribution in [0.4, 0.5) is 0 Å². The number of carbonyl (C=O) groups excluding carboxylic acids is 1. The van der Waals surface area contributed by atoms with Crippen LogP contribution in [0.1, 0.15) is 5.56 Å². The summed E-state index contributed by atoms with van der Waals surface area (Å²) in [4.78, 5) is 11.5. The molecule has 3 rings (SSSR count). The van der Waals surface area contributed by atoms with Gasteiger partial charge in [-0.25, -0.2) is 4.68 Å². The predicted octanol–water partition coefficient (Wildman–Crippen LogP) is 2.95. The predicted molar refractivity (Wildman–Crippen MR) is 105 cm³/mol. The molecule has 0 unspecified atom stereocenters. The topological polar surface area (TPSA) is 103 Å². The van der Waals surface area contributed by atoms with Gasteiger partial charge < -0.3 is 15.2 Å². The van der Waals surface area contributed by atoms with Gasteiger partial charge in [0.25, 0.3) is 5.91 Å². The number of nitrogens with zero attached hydrogens (tertiary/aromatic N) is 3. The van der Waals surface area contributed by atoms with E-state index in [0.717, 1.165) is 11.3 Å². The Balaban J connectivity index is 2.20. The maximum absolute atomic E-state index is 11.5. The Kier molecular flexibility index (Phi) is 5.42. The molecule has 0 atom stereocenters. The number of aromatic nitrogens is 2. The number of methoxy groups -OCH3 is 2. The standard InChI is InChI=1S/C21H18N4O3/c1-27-18-9-8-14(11-19(18)28-2)20-16(10-15(12-22)21(23)26)13-25(24-20)17-6-4-3-5-7-17/h3-11,13H,1-2H3,(H2,23,26)/b15-10+. The number of hydrogen-bond acceptors (Lipinski definition) is 5. The van der Waals surface area contributed by atoms with Gasteiger partial charge >= 0.3 is 0 Å². The Morgan fingerprint density at radius 2 is 1.86 bits per heavy atom. The maximum Gasteiger partial charge on any atom is 0.259 e. The number of nitrogens with two attached hydrogens (primary N) is 1. The smallest absolute Gasteiger partial charge is 0.259 e. The monoisotopic (exact) mass is 374 g/mol. The molecule has 140 valence electrons. The first-order valence-corrected chi connectivity index (χ1v) is 8.36. The first-order valence-electron chi connectivity index (χ1n) is 8.36. The number of hydrogen-bond donors (Lipinski definition) is 1. The van der Waals surface area contributed by atoms with Crippen LogP contribution in [0.25, 0.3) is 23.0 Å². The minimum atomic E-state index is -0.798. The van der Waals surface area contributed by atoms with Gasteiger partial charge in [0.1, 0.15) is 17.3 Å². The van der Waals surface area contributed by atoms with E-state index < -0.39 is 5.91 Å². The van der Waals surface area contributed by atoms with Crippen LogP contribution in [0.15, 0.2) is 60.3 Å². The van der Waals surface area contributed by atoms with Gasteiger partial charge in [-0.2, -0.15) is 10.4 Å². The lowest BCUT2D eigenvalue weighted by Gasteiger charge is -2.09. The van der Waals surface area contributed by atoms with Crippen LogP contribution < -0.4 is 15.2 Å². The first kappa shape index (κ1) is 18.7. The molecule has 1 aromatic heterocycles. The fraction of sp³-hybridized carbons (Fsp3) is 0.0952. The van der Waals surface area contributed by atoms with Gasteiger partial charge in [-0.1, -0.05) is 18.2 Å². The maximum atomic E-state index is 11.5. The van der Waals surface area contributed by atoms with Crippen LogP contribution in [0, 0.1) is 11.3 Å². The summed E-state index contributed by atoms with van der Waals surface area (Å²) < 4.78 is 12.3. The molecule has 0 aliphatic carbocycles. The van der Waals surface area contributed by atoms with Gasteiger partial charge in [0, 0.05) is 17.3 Å². The highest BCUT2D eigenvalue weighted by Crippen LogP contribution is 2.34. The second kappa shape index (κ2) is 8.10. The molecule has 0 spiro atoms. The Labute approximate surface area is 162 Å². The molecule has 0 saturated heterocycles. The normalized spacial score (nSPS) is 11.0. The molecule has 2 N–H and O–H groups in total. The number of primary amides is 1. The number of ether oxygens (including phenoxy) is 2. The van der Waals surface area contributed by atoms with E-state index in [-0.39, 0.29) is 5.57 Å². The number of benzene rings is 2. The second-order valence-electron chi connectivity index (χ2n) is 5.82. The van der Waals surface area contributed by atoms with Crippen LogP contribution in [0.5, 0.6) is 11.5 Å². The summed E-state index contributed by atoms with van der Waals surface area (Å²) in [6.45, 7) is 0. The van der Waals surface area contributed by atoms with Gasteiger partial charge in [-0.05, 0) is 36.4 Å². The number of amides is 1. The number of rotatable bonds is 6. The lowest BCUT2D eigenvalue weighted by Crippen LogP contribution is -2.12. The van der Waals surface area contributed by atoms with Crippen molar-refractivity contribution in [2.45, 2.75) is 0 Å². The van der Waals surface area contributed by atoms with Crippen molar-refractivity contribution in [3.63, 3.8) is 0 Å². The van der Waals surface area contributed by atoms with E-state index in [1.54, 1.807) is 37.2 Å². The van der Waals surface area contributed by atoms with Crippen LogP contribution in [0.3, 0.4) is 0 Å². The average molecular weight is 374 g/mol. The van der Waals surface area contributed by atoms with Crippen molar-refractivity contribution in [2.75, 3.05) is 14.2 Å². The quantitative estimate of drug-likeness (QED) is 0.528. The molecule has 28 heavy (non-hydrogen) atoms. The molecule has 2 aromatic carbocycles. The third kappa shape index (κ3) is 3.71. The molecule has 0 fully saturated rings.